The fraction of sp³-hybridized carbons (Fsp3) is 0.417. The van der Waals surface area contributed by atoms with Gasteiger partial charge >= 0.3 is 11.9 Å². The zero-order valence-corrected chi connectivity index (χ0v) is 16.7. The third-order valence-electron chi connectivity index (χ3n) is 4.53. The van der Waals surface area contributed by atoms with Crippen LogP contribution in [0.25, 0.3) is 0 Å². The highest BCUT2D eigenvalue weighted by Crippen LogP contribution is 2.13. The third-order valence-corrected chi connectivity index (χ3v) is 4.53. The first-order chi connectivity index (χ1) is 13.7. The van der Waals surface area contributed by atoms with Crippen molar-refractivity contribution in [2.45, 2.75) is 51.9 Å². The minimum Gasteiger partial charge on any atom is -0.462 e. The number of unbranched alkanes of at least 4 members (excludes halogenated alkanes) is 4. The van der Waals surface area contributed by atoms with Crippen molar-refractivity contribution in [3.05, 3.63) is 71.3 Å². The molecule has 0 aliphatic heterocycles. The normalized spacial score (nSPS) is 10.5. The van der Waals surface area contributed by atoms with Crippen molar-refractivity contribution in [2.24, 2.45) is 0 Å². The van der Waals surface area contributed by atoms with E-state index in [4.69, 9.17) is 9.47 Å². The molecule has 0 radical (unpaired) electrons. The molecule has 0 spiro atoms. The molecular weight excluding hydrogens is 352 g/mol. The number of ether oxygens (including phenoxy) is 2. The molecule has 0 aromatic heterocycles. The van der Waals surface area contributed by atoms with Crippen molar-refractivity contribution in [1.29, 1.82) is 0 Å². The molecule has 0 atom stereocenters. The highest BCUT2D eigenvalue weighted by Gasteiger charge is 2.18. The quantitative estimate of drug-likeness (QED) is 0.354. The summed E-state index contributed by atoms with van der Waals surface area (Å²) < 4.78 is 10.7. The van der Waals surface area contributed by atoms with E-state index in [1.165, 1.54) is 18.4 Å². The van der Waals surface area contributed by atoms with Crippen LogP contribution in [0.4, 0.5) is 0 Å². The van der Waals surface area contributed by atoms with Crippen LogP contribution in [0, 0.1) is 0 Å². The van der Waals surface area contributed by atoms with E-state index in [1.54, 1.807) is 24.3 Å². The fourth-order valence-electron chi connectivity index (χ4n) is 2.95. The zero-order valence-electron chi connectivity index (χ0n) is 16.7. The van der Waals surface area contributed by atoms with E-state index in [0.29, 0.717) is 13.2 Å². The maximum atomic E-state index is 12.4. The average molecular weight is 383 g/mol. The van der Waals surface area contributed by atoms with E-state index >= 15 is 0 Å². The third kappa shape index (κ3) is 7.55. The second kappa shape index (κ2) is 12.7. The number of esters is 2. The Kier molecular flexibility index (Phi) is 9.84. The monoisotopic (exact) mass is 382 g/mol. The summed E-state index contributed by atoms with van der Waals surface area (Å²) in [5.41, 5.74) is 1.74. The first-order valence-corrected chi connectivity index (χ1v) is 10.2. The highest BCUT2D eigenvalue weighted by molar-refractivity contribution is 6.03. The van der Waals surface area contributed by atoms with Gasteiger partial charge in [0.15, 0.2) is 0 Å². The Balaban J connectivity index is 1.79. The van der Waals surface area contributed by atoms with Crippen LogP contribution in [0.1, 0.15) is 71.7 Å². The number of carbonyl (C=O) groups is 2. The van der Waals surface area contributed by atoms with Gasteiger partial charge in [-0.1, -0.05) is 75.1 Å². The number of aryl methyl sites for hydroxylation is 1. The maximum Gasteiger partial charge on any atom is 0.339 e. The first kappa shape index (κ1) is 21.7. The molecule has 4 nitrogen and oxygen atoms in total. The average Bonchev–Trinajstić information content (AvgIpc) is 2.74. The van der Waals surface area contributed by atoms with Gasteiger partial charge in [0.1, 0.15) is 0 Å². The molecule has 2 rings (SSSR count). The predicted octanol–water partition coefficient (Wildman–Crippen LogP) is 5.60. The molecule has 0 heterocycles. The number of hydrogen-bond donors (Lipinski definition) is 0. The molecule has 0 bridgehead atoms. The van der Waals surface area contributed by atoms with Gasteiger partial charge in [-0.25, -0.2) is 9.59 Å². The summed E-state index contributed by atoms with van der Waals surface area (Å²) in [6, 6.07) is 16.7. The molecule has 4 heteroatoms. The van der Waals surface area contributed by atoms with Crippen molar-refractivity contribution >= 4 is 11.9 Å². The van der Waals surface area contributed by atoms with Crippen LogP contribution < -0.4 is 0 Å². The second-order valence-corrected chi connectivity index (χ2v) is 6.82. The lowest BCUT2D eigenvalue weighted by atomic mass is 10.1. The molecular formula is C24H30O4. The number of rotatable bonds is 12. The van der Waals surface area contributed by atoms with Gasteiger partial charge in [-0.3, -0.25) is 0 Å². The van der Waals surface area contributed by atoms with Crippen LogP contribution in [0.5, 0.6) is 0 Å². The number of benzene rings is 2. The molecule has 0 saturated carbocycles. The predicted molar refractivity (Wildman–Crippen MR) is 111 cm³/mol. The van der Waals surface area contributed by atoms with E-state index in [9.17, 15) is 9.59 Å². The lowest BCUT2D eigenvalue weighted by Gasteiger charge is -2.10. The Hall–Kier alpha value is -2.62. The highest BCUT2D eigenvalue weighted by atomic mass is 16.5. The van der Waals surface area contributed by atoms with Gasteiger partial charge in [-0.15, -0.1) is 0 Å². The Bertz CT molecular complexity index is 724. The van der Waals surface area contributed by atoms with Crippen LogP contribution in [-0.2, 0) is 15.9 Å². The van der Waals surface area contributed by atoms with E-state index < -0.39 is 11.9 Å². The smallest absolute Gasteiger partial charge is 0.339 e. The summed E-state index contributed by atoms with van der Waals surface area (Å²) in [4.78, 5) is 24.7. The molecule has 0 aliphatic carbocycles. The Labute approximate surface area is 167 Å². The van der Waals surface area contributed by atoms with E-state index in [2.05, 4.69) is 19.1 Å². The first-order valence-electron chi connectivity index (χ1n) is 10.2. The summed E-state index contributed by atoms with van der Waals surface area (Å²) >= 11 is 0. The minimum absolute atomic E-state index is 0.262. The summed E-state index contributed by atoms with van der Waals surface area (Å²) in [5, 5.41) is 0. The van der Waals surface area contributed by atoms with Crippen molar-refractivity contribution in [2.75, 3.05) is 13.2 Å². The Morgan fingerprint density at radius 1 is 0.679 bits per heavy atom. The van der Waals surface area contributed by atoms with Crippen molar-refractivity contribution in [1.82, 2.24) is 0 Å². The maximum absolute atomic E-state index is 12.4. The molecule has 150 valence electrons. The van der Waals surface area contributed by atoms with Gasteiger partial charge in [0.2, 0.25) is 0 Å². The summed E-state index contributed by atoms with van der Waals surface area (Å²) in [6.07, 6.45) is 7.01. The van der Waals surface area contributed by atoms with Crippen LogP contribution in [-0.4, -0.2) is 25.2 Å². The molecule has 0 fully saturated rings. The SMILES string of the molecule is CCCCCCCOC(=O)c1ccccc1C(=O)OCCCc1ccccc1. The molecule has 2 aromatic carbocycles. The second-order valence-electron chi connectivity index (χ2n) is 6.82. The molecule has 0 amide bonds. The molecule has 2 aromatic rings. The fourth-order valence-corrected chi connectivity index (χ4v) is 2.95. The van der Waals surface area contributed by atoms with Crippen LogP contribution >= 0.6 is 0 Å². The Morgan fingerprint density at radius 2 is 1.21 bits per heavy atom. The van der Waals surface area contributed by atoms with Crippen molar-refractivity contribution in [3.8, 4) is 0 Å². The standard InChI is InChI=1S/C24H30O4/c1-2-3-4-5-11-18-27-23(25)21-16-9-10-17-22(21)24(26)28-19-12-15-20-13-7-6-8-14-20/h6-10,13-14,16-17H,2-5,11-12,15,18-19H2,1H3. The Morgan fingerprint density at radius 3 is 1.82 bits per heavy atom. The molecule has 0 aliphatic rings. The van der Waals surface area contributed by atoms with Crippen LogP contribution in [0.2, 0.25) is 0 Å². The van der Waals surface area contributed by atoms with E-state index in [0.717, 1.165) is 32.1 Å². The van der Waals surface area contributed by atoms with E-state index in [-0.39, 0.29) is 11.1 Å². The van der Waals surface area contributed by atoms with Crippen molar-refractivity contribution in [3.63, 3.8) is 0 Å². The van der Waals surface area contributed by atoms with Crippen LogP contribution in [0.15, 0.2) is 54.6 Å². The van der Waals surface area contributed by atoms with Crippen LogP contribution in [0.3, 0.4) is 0 Å². The molecule has 0 unspecified atom stereocenters. The summed E-state index contributed by atoms with van der Waals surface area (Å²) in [6.45, 7) is 2.86. The summed E-state index contributed by atoms with van der Waals surface area (Å²) in [5.74, 6) is -0.948. The molecule has 0 N–H and O–H groups in total. The lowest BCUT2D eigenvalue weighted by Crippen LogP contribution is -2.15. The minimum atomic E-state index is -0.483. The van der Waals surface area contributed by atoms with Gasteiger partial charge in [0.25, 0.3) is 0 Å². The summed E-state index contributed by atoms with van der Waals surface area (Å²) in [7, 11) is 0. The van der Waals surface area contributed by atoms with Gasteiger partial charge in [-0.2, -0.15) is 0 Å². The van der Waals surface area contributed by atoms with Gasteiger partial charge < -0.3 is 9.47 Å². The topological polar surface area (TPSA) is 52.6 Å². The number of hydrogen-bond acceptors (Lipinski definition) is 4. The molecule has 28 heavy (non-hydrogen) atoms. The lowest BCUT2D eigenvalue weighted by molar-refractivity contribution is 0.0452. The van der Waals surface area contributed by atoms with Gasteiger partial charge in [-0.05, 0) is 37.0 Å². The number of carbonyl (C=O) groups excluding carboxylic acids is 2. The zero-order chi connectivity index (χ0) is 20.0. The van der Waals surface area contributed by atoms with Gasteiger partial charge in [0.05, 0.1) is 24.3 Å². The van der Waals surface area contributed by atoms with Crippen molar-refractivity contribution < 1.29 is 19.1 Å². The van der Waals surface area contributed by atoms with Gasteiger partial charge in [0, 0.05) is 0 Å². The largest absolute Gasteiger partial charge is 0.462 e. The molecule has 0 saturated heterocycles. The van der Waals surface area contributed by atoms with E-state index in [1.807, 2.05) is 18.2 Å².